The first-order valence-corrected chi connectivity index (χ1v) is 41.7. The normalized spacial score (nSPS) is 11.3. The van der Waals surface area contributed by atoms with Crippen LogP contribution in [0.2, 0.25) is 0 Å². The van der Waals surface area contributed by atoms with Crippen LogP contribution in [0.25, 0.3) is 0 Å². The van der Waals surface area contributed by atoms with Gasteiger partial charge in [0.2, 0.25) is 0 Å². The lowest BCUT2D eigenvalue weighted by Gasteiger charge is -2.11. The lowest BCUT2D eigenvalue weighted by Crippen LogP contribution is -2.39. The van der Waals surface area contributed by atoms with Gasteiger partial charge in [-0.2, -0.15) is 0 Å². The number of rotatable bonds is 36. The molecule has 0 aliphatic heterocycles. The summed E-state index contributed by atoms with van der Waals surface area (Å²) >= 11 is 0. The van der Waals surface area contributed by atoms with Gasteiger partial charge in [0.1, 0.15) is 42.7 Å². The maximum atomic E-state index is 4.54. The number of nitrogens with zero attached hydrogens (tertiary/aromatic N) is 14. The molecule has 0 N–H and O–H groups in total. The van der Waals surface area contributed by atoms with Crippen molar-refractivity contribution in [1.82, 2.24) is 64.8 Å². The maximum absolute atomic E-state index is 4.54. The zero-order chi connectivity index (χ0) is 79.5. The van der Waals surface area contributed by atoms with E-state index in [2.05, 4.69) is 275 Å². The van der Waals surface area contributed by atoms with Crippen LogP contribution < -0.4 is 4.57 Å². The molecule has 0 aromatic carbocycles. The van der Waals surface area contributed by atoms with Crippen LogP contribution in [0, 0.1) is 82.9 Å². The second-order valence-corrected chi connectivity index (χ2v) is 35.5. The van der Waals surface area contributed by atoms with Gasteiger partial charge in [0.05, 0.1) is 19.2 Å². The Morgan fingerprint density at radius 2 is 0.717 bits per heavy atom. The Hall–Kier alpha value is -6.44. The fraction of sp³-hybridized carbons (Fsp3) is 0.696. The Balaban J connectivity index is 0.000000619. The highest BCUT2D eigenvalue weighted by Gasteiger charge is 2.14. The first-order chi connectivity index (χ1) is 50.1. The zero-order valence-corrected chi connectivity index (χ0v) is 73.1. The van der Waals surface area contributed by atoms with E-state index in [0.717, 1.165) is 155 Å². The highest BCUT2D eigenvalue weighted by atomic mass is 15.0. The minimum absolute atomic E-state index is 0.629. The molecule has 594 valence electrons. The molecule has 0 saturated heterocycles. The molecule has 0 aliphatic carbocycles. The van der Waals surface area contributed by atoms with E-state index in [1.54, 1.807) is 19.0 Å². The topological polar surface area (TPSA) is 171 Å². The van der Waals surface area contributed by atoms with Crippen molar-refractivity contribution in [3.8, 4) is 0 Å². The average Bonchev–Trinajstić information content (AvgIpc) is 0.869. The second kappa shape index (κ2) is 57.7. The Kier molecular flexibility index (Phi) is 53.1. The minimum Gasteiger partial charge on any atom is -0.245 e. The lowest BCUT2D eigenvalue weighted by molar-refractivity contribution is -0.708. The molecule has 0 saturated carbocycles. The van der Waals surface area contributed by atoms with Gasteiger partial charge in [0.15, 0.2) is 0 Å². The monoisotopic (exact) mass is 1460 g/mol. The van der Waals surface area contributed by atoms with Crippen molar-refractivity contribution in [3.63, 3.8) is 0 Å². The Labute approximate surface area is 650 Å². The quantitative estimate of drug-likeness (QED) is 0.0340. The highest BCUT2D eigenvalue weighted by Crippen LogP contribution is 2.18. The van der Waals surface area contributed by atoms with E-state index in [9.17, 15) is 0 Å². The molecule has 14 nitrogen and oxygen atoms in total. The van der Waals surface area contributed by atoms with E-state index in [1.807, 2.05) is 61.7 Å². The van der Waals surface area contributed by atoms with Gasteiger partial charge in [-0.25, -0.2) is 64.4 Å². The van der Waals surface area contributed by atoms with Crippen LogP contribution in [0.3, 0.4) is 0 Å². The summed E-state index contributed by atoms with van der Waals surface area (Å²) in [6.07, 6.45) is 46.3. The molecule has 7 heterocycles. The van der Waals surface area contributed by atoms with Crippen molar-refractivity contribution in [2.24, 2.45) is 82.9 Å². The van der Waals surface area contributed by atoms with Crippen LogP contribution >= 0.6 is 0 Å². The molecule has 0 aliphatic rings. The summed E-state index contributed by atoms with van der Waals surface area (Å²) in [6.45, 7) is 63.7. The fourth-order valence-electron chi connectivity index (χ4n) is 10.9. The molecule has 0 fully saturated rings. The predicted octanol–water partition coefficient (Wildman–Crippen LogP) is 22.6. The molecule has 7 aromatic rings. The van der Waals surface area contributed by atoms with Crippen LogP contribution in [0.5, 0.6) is 0 Å². The summed E-state index contributed by atoms with van der Waals surface area (Å²) in [5.41, 5.74) is 11.2. The number of aryl methyl sites for hydroxylation is 8. The van der Waals surface area contributed by atoms with Gasteiger partial charge in [-0.3, -0.25) is 0 Å². The third-order valence-electron chi connectivity index (χ3n) is 17.2. The van der Waals surface area contributed by atoms with Crippen molar-refractivity contribution in [2.75, 3.05) is 0 Å². The van der Waals surface area contributed by atoms with E-state index in [1.165, 1.54) is 108 Å². The largest absolute Gasteiger partial charge is 0.298 e. The van der Waals surface area contributed by atoms with Crippen LogP contribution in [-0.2, 0) is 90.0 Å². The molecule has 7 aromatic heterocycles. The highest BCUT2D eigenvalue weighted by molar-refractivity contribution is 5.18. The van der Waals surface area contributed by atoms with Gasteiger partial charge in [-0.1, -0.05) is 199 Å². The molecule has 0 amide bonds. The van der Waals surface area contributed by atoms with Gasteiger partial charge >= 0.3 is 0 Å². The summed E-state index contributed by atoms with van der Waals surface area (Å²) in [6, 6.07) is 6.22. The summed E-state index contributed by atoms with van der Waals surface area (Å²) in [5, 5.41) is 0. The van der Waals surface area contributed by atoms with Gasteiger partial charge < -0.3 is 0 Å². The van der Waals surface area contributed by atoms with E-state index in [-0.39, 0.29) is 0 Å². The Morgan fingerprint density at radius 3 is 1.23 bits per heavy atom. The smallest absolute Gasteiger partial charge is 0.245 e. The summed E-state index contributed by atoms with van der Waals surface area (Å²) < 4.78 is 2.31. The molecule has 0 unspecified atom stereocenters. The molecule has 0 spiro atoms. The first kappa shape index (κ1) is 97.6. The Morgan fingerprint density at radius 1 is 0.283 bits per heavy atom. The molecule has 0 atom stereocenters. The second-order valence-electron chi connectivity index (χ2n) is 35.5. The van der Waals surface area contributed by atoms with E-state index >= 15 is 0 Å². The van der Waals surface area contributed by atoms with Gasteiger partial charge in [0, 0.05) is 97.2 Å². The first-order valence-electron chi connectivity index (χ1n) is 41.7. The molecular weight excluding hydrogens is 1300 g/mol. The van der Waals surface area contributed by atoms with Crippen molar-refractivity contribution < 1.29 is 4.57 Å². The summed E-state index contributed by atoms with van der Waals surface area (Å²) in [5.74, 6) is 14.1. The fourth-order valence-corrected chi connectivity index (χ4v) is 10.9. The number of hydrogen-bond donors (Lipinski definition) is 0. The number of hydrogen-bond acceptors (Lipinski definition) is 13. The van der Waals surface area contributed by atoms with E-state index in [0.29, 0.717) is 35.5 Å². The van der Waals surface area contributed by atoms with Crippen molar-refractivity contribution in [2.45, 2.75) is 335 Å². The molecule has 14 heteroatoms. The molecule has 7 rings (SSSR count). The minimum atomic E-state index is 0.629. The van der Waals surface area contributed by atoms with Gasteiger partial charge in [-0.05, 0) is 226 Å². The predicted molar refractivity (Wildman–Crippen MR) is 449 cm³/mol. The molecular formula is C92H157N14+. The summed E-state index contributed by atoms with van der Waals surface area (Å²) in [4.78, 5) is 56.5. The molecule has 106 heavy (non-hydrogen) atoms. The standard InChI is InChI=1S/C14H25N2.3C14H24N2.3C12H20N2/c1-12(2)6-7-14-15-9-5-10-16(14)11-8-13(3)4;1-11(2)5-7-13-9-15-10-16-14(13)8-6-12(3)4;1-11(2)5-7-13-9-14(16-10-15-13)8-6-12(3)4;1-11(2)5-7-13-9-15-14(16-10-13)8-6-12(3)4;1-9(2)5-11-7-13-8-14-12(11)6-10(3)4;1-9(2)5-11-7-13-12(14-8-11)6-10(3)4;1-9(2)7-11-5-6-13-12(14-11)8-10(3)4/h5,9-10,12-13H,6-8,11H2,1-4H3;3*9-12H,5-8H2,1-4H3;2*7-10H,5-6H2,1-4H3;5-6,9-10H,7-8H2,1-4H3/q+1;;;;;;. The van der Waals surface area contributed by atoms with Crippen molar-refractivity contribution in [3.05, 3.63) is 167 Å². The average molecular weight is 1460 g/mol. The zero-order valence-electron chi connectivity index (χ0n) is 73.1. The van der Waals surface area contributed by atoms with Crippen molar-refractivity contribution in [1.29, 1.82) is 0 Å². The van der Waals surface area contributed by atoms with Crippen LogP contribution in [0.4, 0.5) is 0 Å². The third kappa shape index (κ3) is 53.4. The van der Waals surface area contributed by atoms with Crippen molar-refractivity contribution >= 4 is 0 Å². The van der Waals surface area contributed by atoms with E-state index in [4.69, 9.17) is 0 Å². The SMILES string of the molecule is CC(C)CCc1cc(CCC(C)C)ncn1.CC(C)CCc1cnc(CCC(C)C)nc1.CC(C)CCc1cncnc1CCC(C)C.CC(C)CCc1nccc[n+]1CCC(C)C.CC(C)Cc1ccnc(CC(C)C)n1.CC(C)Cc1cnc(CC(C)C)nc1.CC(C)Cc1cncnc1CC(C)C. The van der Waals surface area contributed by atoms with Crippen LogP contribution in [0.1, 0.15) is 319 Å². The maximum Gasteiger partial charge on any atom is 0.298 e. The van der Waals surface area contributed by atoms with Gasteiger partial charge in [0.25, 0.3) is 5.82 Å². The lowest BCUT2D eigenvalue weighted by atomic mass is 9.98. The summed E-state index contributed by atoms with van der Waals surface area (Å²) in [7, 11) is 0. The van der Waals surface area contributed by atoms with Gasteiger partial charge in [-0.15, -0.1) is 0 Å². The van der Waals surface area contributed by atoms with Crippen LogP contribution in [-0.4, -0.2) is 64.8 Å². The Bertz CT molecular complexity index is 2970. The number of aromatic nitrogens is 14. The molecule has 0 bridgehead atoms. The molecule has 0 radical (unpaired) electrons. The van der Waals surface area contributed by atoms with Crippen LogP contribution in [0.15, 0.2) is 93.0 Å². The van der Waals surface area contributed by atoms with E-state index < -0.39 is 0 Å². The third-order valence-corrected chi connectivity index (χ3v) is 17.2.